The largest absolute Gasteiger partial charge is 0.493 e. The van der Waals surface area contributed by atoms with Crippen LogP contribution < -0.4 is 14.8 Å². The molecule has 1 N–H and O–H groups in total. The maximum atomic E-state index is 12.3. The van der Waals surface area contributed by atoms with Crippen molar-refractivity contribution >= 4 is 29.1 Å². The Bertz CT molecular complexity index is 1080. The summed E-state index contributed by atoms with van der Waals surface area (Å²) >= 11 is 1.27. The van der Waals surface area contributed by atoms with Gasteiger partial charge >= 0.3 is 0 Å². The standard InChI is InChI=1S/C22H24N4O4S/c1-14(27)16-8-7-9-17(12-16)23-20(28)13-31-22-25-24-21(26(22)3)15(2)30-19-11-6-5-10-18(19)29-4/h5-12,15H,13H2,1-4H3,(H,23,28). The number of carbonyl (C=O) groups is 2. The van der Waals surface area contributed by atoms with E-state index in [1.165, 1.54) is 18.7 Å². The first-order chi connectivity index (χ1) is 14.9. The van der Waals surface area contributed by atoms with Crippen LogP contribution in [0.1, 0.15) is 36.1 Å². The first kappa shape index (κ1) is 22.4. The van der Waals surface area contributed by atoms with E-state index in [-0.39, 0.29) is 23.5 Å². The number of amides is 1. The number of methoxy groups -OCH3 is 1. The maximum absolute atomic E-state index is 12.3. The highest BCUT2D eigenvalue weighted by molar-refractivity contribution is 7.99. The summed E-state index contributed by atoms with van der Waals surface area (Å²) in [6.45, 7) is 3.36. The monoisotopic (exact) mass is 440 g/mol. The highest BCUT2D eigenvalue weighted by Gasteiger charge is 2.19. The minimum Gasteiger partial charge on any atom is -0.493 e. The molecule has 0 bridgehead atoms. The molecule has 31 heavy (non-hydrogen) atoms. The van der Waals surface area contributed by atoms with Gasteiger partial charge in [0.15, 0.2) is 34.4 Å². The second kappa shape index (κ2) is 10.1. The third kappa shape index (κ3) is 5.64. The molecular weight excluding hydrogens is 416 g/mol. The van der Waals surface area contributed by atoms with Gasteiger partial charge < -0.3 is 19.4 Å². The number of rotatable bonds is 9. The van der Waals surface area contributed by atoms with Crippen molar-refractivity contribution in [1.82, 2.24) is 14.8 Å². The second-order valence-electron chi connectivity index (χ2n) is 6.78. The molecule has 3 rings (SSSR count). The van der Waals surface area contributed by atoms with Gasteiger partial charge in [0.25, 0.3) is 0 Å². The van der Waals surface area contributed by atoms with E-state index in [0.29, 0.717) is 33.7 Å². The predicted molar refractivity (Wildman–Crippen MR) is 119 cm³/mol. The number of benzene rings is 2. The molecule has 0 fully saturated rings. The Balaban J connectivity index is 1.60. The quantitative estimate of drug-likeness (QED) is 0.398. The molecule has 0 aliphatic heterocycles. The number of thioether (sulfide) groups is 1. The van der Waals surface area contributed by atoms with Crippen molar-refractivity contribution in [2.75, 3.05) is 18.2 Å². The third-order valence-electron chi connectivity index (χ3n) is 4.49. The number of Topliss-reactive ketones (excluding diaryl/α,β-unsaturated/α-hetero) is 1. The average Bonchev–Trinajstić information content (AvgIpc) is 3.13. The van der Waals surface area contributed by atoms with Crippen molar-refractivity contribution in [3.05, 3.63) is 59.9 Å². The molecule has 162 valence electrons. The molecule has 0 radical (unpaired) electrons. The molecule has 0 aliphatic carbocycles. The smallest absolute Gasteiger partial charge is 0.234 e. The number of carbonyl (C=O) groups excluding carboxylic acids is 2. The summed E-state index contributed by atoms with van der Waals surface area (Å²) in [6, 6.07) is 14.2. The Kier molecular flexibility index (Phi) is 7.30. The van der Waals surface area contributed by atoms with Crippen molar-refractivity contribution in [1.29, 1.82) is 0 Å². The SMILES string of the molecule is COc1ccccc1OC(C)c1nnc(SCC(=O)Nc2cccc(C(C)=O)c2)n1C. The number of nitrogens with zero attached hydrogens (tertiary/aromatic N) is 3. The van der Waals surface area contributed by atoms with Gasteiger partial charge in [0.05, 0.1) is 12.9 Å². The Hall–Kier alpha value is -3.33. The third-order valence-corrected chi connectivity index (χ3v) is 5.51. The van der Waals surface area contributed by atoms with E-state index in [0.717, 1.165) is 0 Å². The first-order valence-electron chi connectivity index (χ1n) is 9.61. The van der Waals surface area contributed by atoms with E-state index in [2.05, 4.69) is 15.5 Å². The van der Waals surface area contributed by atoms with Crippen LogP contribution in [0.5, 0.6) is 11.5 Å². The number of ether oxygens (including phenoxy) is 2. The minimum atomic E-state index is -0.369. The minimum absolute atomic E-state index is 0.0541. The molecule has 0 saturated heterocycles. The topological polar surface area (TPSA) is 95.3 Å². The fourth-order valence-electron chi connectivity index (χ4n) is 2.91. The summed E-state index contributed by atoms with van der Waals surface area (Å²) in [5.41, 5.74) is 1.13. The lowest BCUT2D eigenvalue weighted by Crippen LogP contribution is -2.15. The van der Waals surface area contributed by atoms with Gasteiger partial charge in [-0.05, 0) is 38.1 Å². The van der Waals surface area contributed by atoms with Gasteiger partial charge in [-0.2, -0.15) is 0 Å². The first-order valence-corrected chi connectivity index (χ1v) is 10.6. The molecular formula is C22H24N4O4S. The lowest BCUT2D eigenvalue weighted by atomic mass is 10.1. The Labute approximate surface area is 185 Å². The molecule has 9 heteroatoms. The zero-order valence-electron chi connectivity index (χ0n) is 17.8. The van der Waals surface area contributed by atoms with Crippen LogP contribution in [-0.2, 0) is 11.8 Å². The molecule has 3 aromatic rings. The lowest BCUT2D eigenvalue weighted by Gasteiger charge is -2.16. The Morgan fingerprint density at radius 3 is 2.58 bits per heavy atom. The molecule has 1 amide bonds. The van der Waals surface area contributed by atoms with Gasteiger partial charge in [-0.25, -0.2) is 0 Å². The normalized spacial score (nSPS) is 11.6. The number of ketones is 1. The van der Waals surface area contributed by atoms with Crippen LogP contribution in [-0.4, -0.2) is 39.3 Å². The van der Waals surface area contributed by atoms with E-state index < -0.39 is 0 Å². The van der Waals surface area contributed by atoms with Crippen molar-refractivity contribution in [2.24, 2.45) is 7.05 Å². The second-order valence-corrected chi connectivity index (χ2v) is 7.73. The summed E-state index contributed by atoms with van der Waals surface area (Å²) in [5.74, 6) is 1.77. The van der Waals surface area contributed by atoms with E-state index in [9.17, 15) is 9.59 Å². The van der Waals surface area contributed by atoms with Crippen LogP contribution in [0.3, 0.4) is 0 Å². The molecule has 0 spiro atoms. The van der Waals surface area contributed by atoms with E-state index in [1.54, 1.807) is 35.9 Å². The van der Waals surface area contributed by atoms with Crippen LogP contribution in [0.4, 0.5) is 5.69 Å². The lowest BCUT2D eigenvalue weighted by molar-refractivity contribution is -0.113. The number of anilines is 1. The molecule has 0 saturated carbocycles. The number of hydrogen-bond donors (Lipinski definition) is 1. The van der Waals surface area contributed by atoms with Crippen LogP contribution >= 0.6 is 11.8 Å². The Morgan fingerprint density at radius 1 is 1.13 bits per heavy atom. The van der Waals surface area contributed by atoms with Crippen LogP contribution in [0, 0.1) is 0 Å². The van der Waals surface area contributed by atoms with Crippen molar-refractivity contribution in [2.45, 2.75) is 25.1 Å². The van der Waals surface area contributed by atoms with Gasteiger partial charge in [-0.15, -0.1) is 10.2 Å². The highest BCUT2D eigenvalue weighted by atomic mass is 32.2. The van der Waals surface area contributed by atoms with Crippen molar-refractivity contribution in [3.63, 3.8) is 0 Å². The van der Waals surface area contributed by atoms with E-state index in [4.69, 9.17) is 9.47 Å². The van der Waals surface area contributed by atoms with Gasteiger partial charge in [0.1, 0.15) is 0 Å². The summed E-state index contributed by atoms with van der Waals surface area (Å²) in [5, 5.41) is 11.8. The fourth-order valence-corrected chi connectivity index (χ4v) is 3.63. The van der Waals surface area contributed by atoms with Gasteiger partial charge in [-0.3, -0.25) is 9.59 Å². The van der Waals surface area contributed by atoms with Crippen LogP contribution in [0.2, 0.25) is 0 Å². The molecule has 1 aromatic heterocycles. The molecule has 2 aromatic carbocycles. The summed E-state index contributed by atoms with van der Waals surface area (Å²) in [7, 11) is 3.42. The molecule has 1 unspecified atom stereocenters. The van der Waals surface area contributed by atoms with Crippen LogP contribution in [0.25, 0.3) is 0 Å². The predicted octanol–water partition coefficient (Wildman–Crippen LogP) is 3.90. The van der Waals surface area contributed by atoms with E-state index in [1.807, 2.05) is 38.2 Å². The summed E-state index contributed by atoms with van der Waals surface area (Å²) in [4.78, 5) is 23.8. The Morgan fingerprint density at radius 2 is 1.87 bits per heavy atom. The van der Waals surface area contributed by atoms with Crippen molar-refractivity contribution < 1.29 is 19.1 Å². The molecule has 0 aliphatic rings. The zero-order valence-corrected chi connectivity index (χ0v) is 18.6. The molecule has 1 heterocycles. The fraction of sp³-hybridized carbons (Fsp3) is 0.273. The summed E-state index contributed by atoms with van der Waals surface area (Å²) in [6.07, 6.45) is -0.369. The molecule has 1 atom stereocenters. The molecule has 8 nitrogen and oxygen atoms in total. The number of para-hydroxylation sites is 2. The highest BCUT2D eigenvalue weighted by Crippen LogP contribution is 2.30. The van der Waals surface area contributed by atoms with Gasteiger partial charge in [0, 0.05) is 18.3 Å². The van der Waals surface area contributed by atoms with Gasteiger partial charge in [0.2, 0.25) is 5.91 Å². The number of hydrogen-bond acceptors (Lipinski definition) is 7. The average molecular weight is 441 g/mol. The number of aromatic nitrogens is 3. The number of nitrogens with one attached hydrogen (secondary N) is 1. The van der Waals surface area contributed by atoms with E-state index >= 15 is 0 Å². The zero-order chi connectivity index (χ0) is 22.4. The van der Waals surface area contributed by atoms with Crippen molar-refractivity contribution in [3.8, 4) is 11.5 Å². The summed E-state index contributed by atoms with van der Waals surface area (Å²) < 4.78 is 13.1. The maximum Gasteiger partial charge on any atom is 0.234 e. The van der Waals surface area contributed by atoms with Gasteiger partial charge in [-0.1, -0.05) is 36.0 Å². The van der Waals surface area contributed by atoms with Crippen LogP contribution in [0.15, 0.2) is 53.7 Å².